The van der Waals surface area contributed by atoms with Gasteiger partial charge in [-0.2, -0.15) is 0 Å². The van der Waals surface area contributed by atoms with Crippen LogP contribution in [0.3, 0.4) is 0 Å². The Kier molecular flexibility index (Phi) is 8.77. The Morgan fingerprint density at radius 3 is 2.59 bits per heavy atom. The second-order valence-corrected chi connectivity index (χ2v) is 8.72. The van der Waals surface area contributed by atoms with E-state index in [1.54, 1.807) is 0 Å². The Morgan fingerprint density at radius 1 is 1.26 bits per heavy atom. The van der Waals surface area contributed by atoms with Gasteiger partial charge >= 0.3 is 0 Å². The number of amides is 2. The van der Waals surface area contributed by atoms with Crippen molar-refractivity contribution >= 4 is 23.2 Å². The van der Waals surface area contributed by atoms with Crippen LogP contribution in [-0.4, -0.2) is 72.3 Å². The highest BCUT2D eigenvalue weighted by Gasteiger charge is 2.32. The van der Waals surface area contributed by atoms with Crippen molar-refractivity contribution in [2.45, 2.75) is 40.5 Å². The Labute approximate surface area is 168 Å². The van der Waals surface area contributed by atoms with E-state index < -0.39 is 0 Å². The molecule has 1 aromatic rings. The molecular formula is C21H35N3O2S. The van der Waals surface area contributed by atoms with Gasteiger partial charge < -0.3 is 14.7 Å². The lowest BCUT2D eigenvalue weighted by Crippen LogP contribution is -2.49. The molecule has 2 heterocycles. The number of piperidine rings is 1. The maximum absolute atomic E-state index is 13.2. The predicted octanol–water partition coefficient (Wildman–Crippen LogP) is 3.43. The van der Waals surface area contributed by atoms with Gasteiger partial charge in [0.05, 0.1) is 10.8 Å². The van der Waals surface area contributed by atoms with Gasteiger partial charge in [-0.15, -0.1) is 11.3 Å². The number of hydrogen-bond donors (Lipinski definition) is 0. The highest BCUT2D eigenvalue weighted by atomic mass is 32.1. The monoisotopic (exact) mass is 393 g/mol. The predicted molar refractivity (Wildman–Crippen MR) is 112 cm³/mol. The first kappa shape index (κ1) is 21.9. The fraction of sp³-hybridized carbons (Fsp3) is 0.714. The van der Waals surface area contributed by atoms with Gasteiger partial charge in [0.25, 0.3) is 5.91 Å². The van der Waals surface area contributed by atoms with Crippen LogP contribution in [0.2, 0.25) is 0 Å². The van der Waals surface area contributed by atoms with E-state index in [1.165, 1.54) is 11.3 Å². The Morgan fingerprint density at radius 2 is 2.00 bits per heavy atom. The number of rotatable bonds is 9. The van der Waals surface area contributed by atoms with Gasteiger partial charge in [-0.05, 0) is 43.3 Å². The zero-order valence-corrected chi connectivity index (χ0v) is 18.1. The first-order valence-electron chi connectivity index (χ1n) is 10.3. The molecule has 1 aliphatic rings. The van der Waals surface area contributed by atoms with Gasteiger partial charge in [-0.1, -0.05) is 33.8 Å². The van der Waals surface area contributed by atoms with Crippen molar-refractivity contribution in [3.63, 3.8) is 0 Å². The van der Waals surface area contributed by atoms with Crippen LogP contribution < -0.4 is 0 Å². The molecule has 0 aliphatic carbocycles. The van der Waals surface area contributed by atoms with Crippen LogP contribution in [0.5, 0.6) is 0 Å². The number of likely N-dealkylation sites (N-methyl/N-ethyl adjacent to an activating group) is 1. The third-order valence-electron chi connectivity index (χ3n) is 5.27. The summed E-state index contributed by atoms with van der Waals surface area (Å²) in [6, 6.07) is 3.77. The Hall–Kier alpha value is -1.40. The van der Waals surface area contributed by atoms with Crippen LogP contribution in [0.25, 0.3) is 0 Å². The van der Waals surface area contributed by atoms with Crippen LogP contribution in [-0.2, 0) is 4.79 Å². The van der Waals surface area contributed by atoms with Crippen molar-refractivity contribution in [3.8, 4) is 0 Å². The highest BCUT2D eigenvalue weighted by molar-refractivity contribution is 7.12. The third kappa shape index (κ3) is 6.32. The van der Waals surface area contributed by atoms with Gasteiger partial charge in [0.1, 0.15) is 0 Å². The van der Waals surface area contributed by atoms with Crippen LogP contribution in [0.1, 0.15) is 50.2 Å². The zero-order chi connectivity index (χ0) is 19.8. The normalized spacial score (nSPS) is 17.6. The molecule has 27 heavy (non-hydrogen) atoms. The molecule has 1 aliphatic heterocycles. The van der Waals surface area contributed by atoms with Crippen molar-refractivity contribution in [2.75, 3.05) is 45.8 Å². The van der Waals surface area contributed by atoms with E-state index in [1.807, 2.05) is 27.3 Å². The maximum atomic E-state index is 13.2. The fourth-order valence-corrected chi connectivity index (χ4v) is 4.40. The molecule has 1 atom stereocenters. The van der Waals surface area contributed by atoms with Crippen molar-refractivity contribution < 1.29 is 9.59 Å². The summed E-state index contributed by atoms with van der Waals surface area (Å²) in [5, 5.41) is 1.93. The maximum Gasteiger partial charge on any atom is 0.263 e. The minimum absolute atomic E-state index is 0.0704. The number of carbonyl (C=O) groups is 2. The van der Waals surface area contributed by atoms with E-state index in [-0.39, 0.29) is 17.7 Å². The average Bonchev–Trinajstić information content (AvgIpc) is 3.21. The Balaban J connectivity index is 2.01. The van der Waals surface area contributed by atoms with E-state index in [4.69, 9.17) is 0 Å². The first-order valence-corrected chi connectivity index (χ1v) is 11.2. The molecule has 1 unspecified atom stereocenters. The molecule has 0 radical (unpaired) electrons. The van der Waals surface area contributed by atoms with Gasteiger partial charge in [0.15, 0.2) is 0 Å². The molecule has 0 aromatic carbocycles. The van der Waals surface area contributed by atoms with Crippen molar-refractivity contribution in [2.24, 2.45) is 11.8 Å². The van der Waals surface area contributed by atoms with Crippen molar-refractivity contribution in [1.29, 1.82) is 0 Å². The number of nitrogens with zero attached hydrogens (tertiary/aromatic N) is 3. The van der Waals surface area contributed by atoms with Gasteiger partial charge in [-0.25, -0.2) is 0 Å². The smallest absolute Gasteiger partial charge is 0.263 e. The van der Waals surface area contributed by atoms with Crippen LogP contribution >= 0.6 is 11.3 Å². The Bertz CT molecular complexity index is 584. The van der Waals surface area contributed by atoms with Crippen LogP contribution in [0.4, 0.5) is 0 Å². The average molecular weight is 394 g/mol. The number of likely N-dealkylation sites (tertiary alicyclic amines) is 1. The first-order chi connectivity index (χ1) is 13.0. The summed E-state index contributed by atoms with van der Waals surface area (Å²) in [6.45, 7) is 14.4. The molecule has 1 fully saturated rings. The van der Waals surface area contributed by atoms with Crippen LogP contribution in [0.15, 0.2) is 17.5 Å². The number of hydrogen-bond acceptors (Lipinski definition) is 4. The summed E-state index contributed by atoms with van der Waals surface area (Å²) in [5.41, 5.74) is 0. The van der Waals surface area contributed by atoms with Gasteiger partial charge in [-0.3, -0.25) is 9.59 Å². The summed E-state index contributed by atoms with van der Waals surface area (Å²) < 4.78 is 0. The van der Waals surface area contributed by atoms with Gasteiger partial charge in [0.2, 0.25) is 5.91 Å². The van der Waals surface area contributed by atoms with Gasteiger partial charge in [0, 0.05) is 32.7 Å². The topological polar surface area (TPSA) is 43.9 Å². The molecule has 6 heteroatoms. The van der Waals surface area contributed by atoms with E-state index in [2.05, 4.69) is 32.6 Å². The van der Waals surface area contributed by atoms with E-state index in [9.17, 15) is 9.59 Å². The second kappa shape index (κ2) is 10.8. The summed E-state index contributed by atoms with van der Waals surface area (Å²) >= 11 is 1.47. The van der Waals surface area contributed by atoms with E-state index in [0.717, 1.165) is 57.0 Å². The number of thiophene rings is 1. The summed E-state index contributed by atoms with van der Waals surface area (Å²) in [7, 11) is 0. The van der Waals surface area contributed by atoms with E-state index >= 15 is 0 Å². The highest BCUT2D eigenvalue weighted by Crippen LogP contribution is 2.22. The van der Waals surface area contributed by atoms with Crippen molar-refractivity contribution in [3.05, 3.63) is 22.4 Å². The minimum Gasteiger partial charge on any atom is -0.341 e. The molecule has 0 spiro atoms. The summed E-state index contributed by atoms with van der Waals surface area (Å²) in [6.07, 6.45) is 1.78. The second-order valence-electron chi connectivity index (χ2n) is 7.77. The van der Waals surface area contributed by atoms with E-state index in [0.29, 0.717) is 12.5 Å². The molecule has 2 rings (SSSR count). The molecule has 152 valence electrons. The quantitative estimate of drug-likeness (QED) is 0.646. The molecule has 0 saturated carbocycles. The third-order valence-corrected chi connectivity index (χ3v) is 6.13. The molecule has 0 bridgehead atoms. The largest absolute Gasteiger partial charge is 0.341 e. The molecule has 2 amide bonds. The van der Waals surface area contributed by atoms with Crippen LogP contribution in [0, 0.1) is 11.8 Å². The minimum atomic E-state index is -0.0712. The molecule has 5 nitrogen and oxygen atoms in total. The summed E-state index contributed by atoms with van der Waals surface area (Å²) in [4.78, 5) is 33.0. The lowest BCUT2D eigenvalue weighted by Gasteiger charge is -2.36. The van der Waals surface area contributed by atoms with Crippen molar-refractivity contribution in [1.82, 2.24) is 14.7 Å². The zero-order valence-electron chi connectivity index (χ0n) is 17.3. The fourth-order valence-electron chi connectivity index (χ4n) is 3.71. The lowest BCUT2D eigenvalue weighted by molar-refractivity contribution is -0.137. The summed E-state index contributed by atoms with van der Waals surface area (Å²) in [5.74, 6) is 0.664. The molecule has 1 saturated heterocycles. The molecule has 0 N–H and O–H groups in total. The SMILES string of the molecule is CCN(CC)CCN(CC(C)C)C(=O)C1CCCN(C(=O)c2cccs2)C1. The molecule has 1 aromatic heterocycles. The number of carbonyl (C=O) groups excluding carboxylic acids is 2. The lowest BCUT2D eigenvalue weighted by atomic mass is 9.95. The molecular weight excluding hydrogens is 358 g/mol. The standard InChI is InChI=1S/C21H35N3O2S/c1-5-22(6-2)12-13-24(15-17(3)4)20(25)18-9-7-11-23(16-18)21(26)19-10-8-14-27-19/h8,10,14,17-18H,5-7,9,11-13,15-16H2,1-4H3.